The Morgan fingerprint density at radius 3 is 2.55 bits per heavy atom. The summed E-state index contributed by atoms with van der Waals surface area (Å²) in [5.74, 6) is 0.268. The van der Waals surface area contributed by atoms with E-state index in [0.717, 1.165) is 5.69 Å². The molecule has 0 fully saturated rings. The SMILES string of the molecule is COC(CS(=O)(=O)Nc1cnnn1-c1ccccc1)C(C)C. The van der Waals surface area contributed by atoms with Gasteiger partial charge >= 0.3 is 0 Å². The van der Waals surface area contributed by atoms with Gasteiger partial charge in [0.15, 0.2) is 5.82 Å². The van der Waals surface area contributed by atoms with Gasteiger partial charge in [0.05, 0.1) is 23.7 Å². The molecule has 0 aliphatic rings. The average molecular weight is 324 g/mol. The van der Waals surface area contributed by atoms with Gasteiger partial charge in [-0.25, -0.2) is 8.42 Å². The Kier molecular flexibility index (Phi) is 5.15. The Balaban J connectivity index is 2.19. The third-order valence-electron chi connectivity index (χ3n) is 3.24. The van der Waals surface area contributed by atoms with Crippen LogP contribution < -0.4 is 4.72 Å². The number of benzene rings is 1. The van der Waals surface area contributed by atoms with Crippen molar-refractivity contribution in [2.75, 3.05) is 17.6 Å². The fraction of sp³-hybridized carbons (Fsp3) is 0.429. The second-order valence-corrected chi connectivity index (χ2v) is 7.04. The molecule has 0 aliphatic carbocycles. The van der Waals surface area contributed by atoms with E-state index in [1.807, 2.05) is 44.2 Å². The zero-order valence-electron chi connectivity index (χ0n) is 12.8. The third kappa shape index (κ3) is 4.05. The number of hydrogen-bond acceptors (Lipinski definition) is 5. The molecule has 8 heteroatoms. The number of nitrogens with one attached hydrogen (secondary N) is 1. The van der Waals surface area contributed by atoms with E-state index in [-0.39, 0.29) is 17.8 Å². The maximum Gasteiger partial charge on any atom is 0.236 e. The number of ether oxygens (including phenoxy) is 1. The number of nitrogens with zero attached hydrogens (tertiary/aromatic N) is 3. The van der Waals surface area contributed by atoms with Crippen LogP contribution in [0.25, 0.3) is 5.69 Å². The highest BCUT2D eigenvalue weighted by Gasteiger charge is 2.23. The summed E-state index contributed by atoms with van der Waals surface area (Å²) < 4.78 is 33.8. The monoisotopic (exact) mass is 324 g/mol. The molecule has 1 aromatic carbocycles. The van der Waals surface area contributed by atoms with E-state index in [9.17, 15) is 8.42 Å². The van der Waals surface area contributed by atoms with E-state index in [2.05, 4.69) is 15.0 Å². The van der Waals surface area contributed by atoms with Crippen molar-refractivity contribution in [2.45, 2.75) is 20.0 Å². The molecule has 22 heavy (non-hydrogen) atoms. The van der Waals surface area contributed by atoms with Crippen molar-refractivity contribution in [2.24, 2.45) is 5.92 Å². The smallest absolute Gasteiger partial charge is 0.236 e. The van der Waals surface area contributed by atoms with Crippen LogP contribution in [-0.4, -0.2) is 42.4 Å². The summed E-state index contributed by atoms with van der Waals surface area (Å²) in [6, 6.07) is 9.19. The molecule has 1 N–H and O–H groups in total. The van der Waals surface area contributed by atoms with Gasteiger partial charge < -0.3 is 4.74 Å². The largest absolute Gasteiger partial charge is 0.380 e. The summed E-state index contributed by atoms with van der Waals surface area (Å²) >= 11 is 0. The molecule has 0 radical (unpaired) electrons. The summed E-state index contributed by atoms with van der Waals surface area (Å²) in [6.07, 6.45) is 1.00. The van der Waals surface area contributed by atoms with Crippen molar-refractivity contribution < 1.29 is 13.2 Å². The van der Waals surface area contributed by atoms with Crippen molar-refractivity contribution in [1.82, 2.24) is 15.0 Å². The molecule has 1 atom stereocenters. The first kappa shape index (κ1) is 16.4. The quantitative estimate of drug-likeness (QED) is 0.837. The van der Waals surface area contributed by atoms with Crippen LogP contribution in [0.5, 0.6) is 0 Å². The highest BCUT2D eigenvalue weighted by molar-refractivity contribution is 7.92. The number of rotatable bonds is 7. The molecule has 1 unspecified atom stereocenters. The Labute approximate surface area is 130 Å². The van der Waals surface area contributed by atoms with Gasteiger partial charge in [0.1, 0.15) is 0 Å². The normalized spacial score (nSPS) is 13.3. The zero-order chi connectivity index (χ0) is 16.2. The first-order valence-electron chi connectivity index (χ1n) is 6.92. The maximum atomic E-state index is 12.3. The molecule has 0 spiro atoms. The molecule has 1 heterocycles. The van der Waals surface area contributed by atoms with Crippen molar-refractivity contribution in [3.05, 3.63) is 36.5 Å². The maximum absolute atomic E-state index is 12.3. The Bertz CT molecular complexity index is 698. The lowest BCUT2D eigenvalue weighted by Crippen LogP contribution is -2.31. The average Bonchev–Trinajstić information content (AvgIpc) is 2.92. The second kappa shape index (κ2) is 6.89. The fourth-order valence-electron chi connectivity index (χ4n) is 2.01. The highest BCUT2D eigenvalue weighted by atomic mass is 32.2. The first-order chi connectivity index (χ1) is 10.4. The molecule has 1 aromatic heterocycles. The third-order valence-corrected chi connectivity index (χ3v) is 4.53. The summed E-state index contributed by atoms with van der Waals surface area (Å²) in [7, 11) is -2.06. The van der Waals surface area contributed by atoms with Gasteiger partial charge in [0.2, 0.25) is 10.0 Å². The number of aromatic nitrogens is 3. The summed E-state index contributed by atoms with van der Waals surface area (Å²) in [6.45, 7) is 3.83. The van der Waals surface area contributed by atoms with Crippen LogP contribution in [0.3, 0.4) is 0 Å². The topological polar surface area (TPSA) is 86.1 Å². The van der Waals surface area contributed by atoms with Crippen molar-refractivity contribution >= 4 is 15.8 Å². The van der Waals surface area contributed by atoms with Gasteiger partial charge in [-0.2, -0.15) is 4.68 Å². The van der Waals surface area contributed by atoms with Gasteiger partial charge in [0, 0.05) is 7.11 Å². The van der Waals surface area contributed by atoms with E-state index in [4.69, 9.17) is 4.74 Å². The molecule has 7 nitrogen and oxygen atoms in total. The predicted octanol–water partition coefficient (Wildman–Crippen LogP) is 1.68. The van der Waals surface area contributed by atoms with Crippen molar-refractivity contribution in [1.29, 1.82) is 0 Å². The molecule has 0 saturated heterocycles. The molecule has 0 amide bonds. The fourth-order valence-corrected chi connectivity index (χ4v) is 3.51. The van der Waals surface area contributed by atoms with E-state index >= 15 is 0 Å². The van der Waals surface area contributed by atoms with Gasteiger partial charge in [-0.3, -0.25) is 4.72 Å². The van der Waals surface area contributed by atoms with E-state index in [0.29, 0.717) is 5.82 Å². The van der Waals surface area contributed by atoms with Crippen LogP contribution in [0.15, 0.2) is 36.5 Å². The molecular formula is C14H20N4O3S. The molecule has 2 rings (SSSR count). The van der Waals surface area contributed by atoms with E-state index in [1.54, 1.807) is 0 Å². The van der Waals surface area contributed by atoms with Gasteiger partial charge in [0.25, 0.3) is 0 Å². The number of methoxy groups -OCH3 is 1. The van der Waals surface area contributed by atoms with E-state index < -0.39 is 10.0 Å². The van der Waals surface area contributed by atoms with Crippen LogP contribution in [0.1, 0.15) is 13.8 Å². The Morgan fingerprint density at radius 1 is 1.27 bits per heavy atom. The summed E-state index contributed by atoms with van der Waals surface area (Å²) in [5.41, 5.74) is 0.727. The van der Waals surface area contributed by atoms with Crippen LogP contribution in [0, 0.1) is 5.92 Å². The Hall–Kier alpha value is -1.93. The lowest BCUT2D eigenvalue weighted by Gasteiger charge is -2.19. The van der Waals surface area contributed by atoms with Crippen molar-refractivity contribution in [3.8, 4) is 5.69 Å². The van der Waals surface area contributed by atoms with E-state index in [1.165, 1.54) is 18.0 Å². The highest BCUT2D eigenvalue weighted by Crippen LogP contribution is 2.16. The van der Waals surface area contributed by atoms with Gasteiger partial charge in [-0.15, -0.1) is 5.10 Å². The Morgan fingerprint density at radius 2 is 1.95 bits per heavy atom. The minimum absolute atomic E-state index is 0.0961. The van der Waals surface area contributed by atoms with Crippen LogP contribution in [-0.2, 0) is 14.8 Å². The standard InChI is InChI=1S/C14H20N4O3S/c1-11(2)13(21-3)10-22(19,20)16-14-9-15-17-18(14)12-7-5-4-6-8-12/h4-9,11,13,16H,10H2,1-3H3. The van der Waals surface area contributed by atoms with Crippen LogP contribution in [0.4, 0.5) is 5.82 Å². The van der Waals surface area contributed by atoms with Crippen molar-refractivity contribution in [3.63, 3.8) is 0 Å². The molecule has 2 aromatic rings. The number of sulfonamides is 1. The van der Waals surface area contributed by atoms with Crippen LogP contribution >= 0.6 is 0 Å². The minimum atomic E-state index is -3.57. The molecule has 0 aliphatic heterocycles. The first-order valence-corrected chi connectivity index (χ1v) is 8.57. The predicted molar refractivity (Wildman–Crippen MR) is 84.4 cm³/mol. The van der Waals surface area contributed by atoms with Gasteiger partial charge in [-0.05, 0) is 18.1 Å². The number of hydrogen-bond donors (Lipinski definition) is 1. The number of para-hydroxylation sites is 1. The zero-order valence-corrected chi connectivity index (χ0v) is 13.6. The van der Waals surface area contributed by atoms with Gasteiger partial charge in [-0.1, -0.05) is 37.3 Å². The summed E-state index contributed by atoms with van der Waals surface area (Å²) in [4.78, 5) is 0. The lowest BCUT2D eigenvalue weighted by atomic mass is 10.1. The molecule has 120 valence electrons. The number of anilines is 1. The second-order valence-electron chi connectivity index (χ2n) is 5.27. The van der Waals surface area contributed by atoms with Crippen LogP contribution in [0.2, 0.25) is 0 Å². The summed E-state index contributed by atoms with van der Waals surface area (Å²) in [5, 5.41) is 7.69. The molecule has 0 bridgehead atoms. The molecule has 0 saturated carbocycles. The lowest BCUT2D eigenvalue weighted by molar-refractivity contribution is 0.0829. The minimum Gasteiger partial charge on any atom is -0.380 e. The molecular weight excluding hydrogens is 304 g/mol.